The fourth-order valence-electron chi connectivity index (χ4n) is 1.78. The van der Waals surface area contributed by atoms with Crippen LogP contribution in [0.3, 0.4) is 0 Å². The number of nitrogen functional groups attached to an aromatic ring is 1. The summed E-state index contributed by atoms with van der Waals surface area (Å²) >= 11 is 0. The fourth-order valence-corrected chi connectivity index (χ4v) is 1.78. The Morgan fingerprint density at radius 3 is 2.61 bits per heavy atom. The highest BCUT2D eigenvalue weighted by Crippen LogP contribution is 2.25. The first kappa shape index (κ1) is 12.4. The van der Waals surface area contributed by atoms with Crippen molar-refractivity contribution in [1.82, 2.24) is 4.98 Å². The van der Waals surface area contributed by atoms with Gasteiger partial charge in [0.25, 0.3) is 0 Å². The molecule has 2 aromatic rings. The second-order valence-corrected chi connectivity index (χ2v) is 4.53. The molecule has 0 radical (unpaired) electrons. The van der Waals surface area contributed by atoms with Crippen LogP contribution < -0.4 is 10.5 Å². The zero-order chi connectivity index (χ0) is 13.1. The molecule has 1 aromatic heterocycles. The number of ether oxygens (including phenoxy) is 1. The Morgan fingerprint density at radius 2 is 1.89 bits per heavy atom. The zero-order valence-corrected chi connectivity index (χ0v) is 11.0. The lowest BCUT2D eigenvalue weighted by atomic mass is 10.1. The van der Waals surface area contributed by atoms with Crippen molar-refractivity contribution in [3.63, 3.8) is 0 Å². The van der Waals surface area contributed by atoms with Gasteiger partial charge in [-0.1, -0.05) is 6.07 Å². The maximum atomic E-state index is 5.85. The second-order valence-electron chi connectivity index (χ2n) is 4.53. The van der Waals surface area contributed by atoms with Gasteiger partial charge in [-0.25, -0.2) is 0 Å². The molecule has 94 valence electrons. The molecule has 18 heavy (non-hydrogen) atoms. The van der Waals surface area contributed by atoms with Gasteiger partial charge in [0, 0.05) is 11.9 Å². The normalized spacial score (nSPS) is 10.4. The van der Waals surface area contributed by atoms with E-state index in [1.807, 2.05) is 45.0 Å². The minimum absolute atomic E-state index is 0.483. The Labute approximate surface area is 108 Å². The number of aromatic nitrogens is 1. The number of nitrogens with two attached hydrogens (primary N) is 1. The molecule has 0 aliphatic carbocycles. The van der Waals surface area contributed by atoms with Crippen LogP contribution in [0.2, 0.25) is 0 Å². The first-order valence-electron chi connectivity index (χ1n) is 5.98. The van der Waals surface area contributed by atoms with Crippen LogP contribution in [0.1, 0.15) is 22.4 Å². The van der Waals surface area contributed by atoms with E-state index in [9.17, 15) is 0 Å². The minimum atomic E-state index is 0.483. The maximum Gasteiger partial charge on any atom is 0.130 e. The Bertz CT molecular complexity index is 564. The van der Waals surface area contributed by atoms with Crippen LogP contribution >= 0.6 is 0 Å². The average molecular weight is 242 g/mol. The summed E-state index contributed by atoms with van der Waals surface area (Å²) in [4.78, 5) is 4.31. The summed E-state index contributed by atoms with van der Waals surface area (Å²) in [5.41, 5.74) is 10.8. The number of benzene rings is 1. The lowest BCUT2D eigenvalue weighted by molar-refractivity contribution is 0.298. The molecule has 3 nitrogen and oxygen atoms in total. The number of hydrogen-bond donors (Lipinski definition) is 1. The second kappa shape index (κ2) is 5.08. The third-order valence-electron chi connectivity index (χ3n) is 3.05. The Morgan fingerprint density at radius 1 is 1.11 bits per heavy atom. The molecule has 0 bridgehead atoms. The molecule has 1 aromatic carbocycles. The van der Waals surface area contributed by atoms with Gasteiger partial charge in [0.1, 0.15) is 12.4 Å². The first-order valence-corrected chi connectivity index (χ1v) is 5.98. The summed E-state index contributed by atoms with van der Waals surface area (Å²) in [6.45, 7) is 6.49. The summed E-state index contributed by atoms with van der Waals surface area (Å²) in [6.07, 6.45) is 1.78. The van der Waals surface area contributed by atoms with E-state index in [2.05, 4.69) is 4.98 Å². The van der Waals surface area contributed by atoms with Crippen molar-refractivity contribution in [2.75, 3.05) is 5.73 Å². The van der Waals surface area contributed by atoms with Crippen molar-refractivity contribution in [3.05, 3.63) is 52.8 Å². The molecule has 0 amide bonds. The lowest BCUT2D eigenvalue weighted by Gasteiger charge is -2.12. The number of aryl methyl sites for hydroxylation is 3. The monoisotopic (exact) mass is 242 g/mol. The molecule has 0 aliphatic rings. The smallest absolute Gasteiger partial charge is 0.130 e. The topological polar surface area (TPSA) is 48.1 Å². The summed E-state index contributed by atoms with van der Waals surface area (Å²) < 4.78 is 5.82. The van der Waals surface area contributed by atoms with Gasteiger partial charge >= 0.3 is 0 Å². The van der Waals surface area contributed by atoms with Crippen molar-refractivity contribution in [2.24, 2.45) is 0 Å². The van der Waals surface area contributed by atoms with Crippen molar-refractivity contribution >= 4 is 5.69 Å². The van der Waals surface area contributed by atoms with Crippen LogP contribution in [0, 0.1) is 20.8 Å². The highest BCUT2D eigenvalue weighted by atomic mass is 16.5. The van der Waals surface area contributed by atoms with Crippen molar-refractivity contribution in [3.8, 4) is 5.75 Å². The third-order valence-corrected chi connectivity index (χ3v) is 3.05. The predicted octanol–water partition coefficient (Wildman–Crippen LogP) is 3.17. The van der Waals surface area contributed by atoms with Gasteiger partial charge < -0.3 is 10.5 Å². The van der Waals surface area contributed by atoms with E-state index < -0.39 is 0 Å². The molecule has 1 heterocycles. The maximum absolute atomic E-state index is 5.85. The van der Waals surface area contributed by atoms with E-state index in [1.165, 1.54) is 0 Å². The van der Waals surface area contributed by atoms with Crippen molar-refractivity contribution in [2.45, 2.75) is 27.4 Å². The molecule has 0 spiro atoms. The van der Waals surface area contributed by atoms with Crippen LogP contribution in [0.4, 0.5) is 5.69 Å². The molecule has 0 unspecified atom stereocenters. The fraction of sp³-hybridized carbons (Fsp3) is 0.267. The van der Waals surface area contributed by atoms with E-state index >= 15 is 0 Å². The molecule has 0 aliphatic heterocycles. The molecular formula is C15H18N2O. The van der Waals surface area contributed by atoms with Crippen LogP contribution in [0.5, 0.6) is 5.75 Å². The quantitative estimate of drug-likeness (QED) is 0.841. The number of pyridine rings is 1. The van der Waals surface area contributed by atoms with Gasteiger partial charge in [-0.05, 0) is 55.7 Å². The van der Waals surface area contributed by atoms with Gasteiger partial charge in [0.05, 0.1) is 5.69 Å². The molecule has 0 saturated carbocycles. The third kappa shape index (κ3) is 2.62. The standard InChI is InChI=1S/C15H18N2O/c1-10-5-4-6-17-14(10)9-18-15-8-11(2)13(16)7-12(15)3/h4-8H,9,16H2,1-3H3. The minimum Gasteiger partial charge on any atom is -0.487 e. The number of hydrogen-bond acceptors (Lipinski definition) is 3. The molecule has 0 fully saturated rings. The highest BCUT2D eigenvalue weighted by molar-refractivity contribution is 5.53. The SMILES string of the molecule is Cc1cc(OCc2ncccc2C)c(C)cc1N. The summed E-state index contributed by atoms with van der Waals surface area (Å²) in [5.74, 6) is 0.867. The molecular weight excluding hydrogens is 224 g/mol. The number of nitrogens with zero attached hydrogens (tertiary/aromatic N) is 1. The predicted molar refractivity (Wildman–Crippen MR) is 73.6 cm³/mol. The largest absolute Gasteiger partial charge is 0.487 e. The Hall–Kier alpha value is -2.03. The average Bonchev–Trinajstić information content (AvgIpc) is 2.34. The molecule has 2 rings (SSSR count). The first-order chi connectivity index (χ1) is 8.58. The number of rotatable bonds is 3. The molecule has 3 heteroatoms. The van der Waals surface area contributed by atoms with Gasteiger partial charge in [-0.15, -0.1) is 0 Å². The van der Waals surface area contributed by atoms with E-state index in [0.29, 0.717) is 6.61 Å². The van der Waals surface area contributed by atoms with Crippen molar-refractivity contribution in [1.29, 1.82) is 0 Å². The summed E-state index contributed by atoms with van der Waals surface area (Å²) in [5, 5.41) is 0. The van der Waals surface area contributed by atoms with Crippen LogP contribution in [-0.2, 0) is 6.61 Å². The molecule has 0 saturated heterocycles. The summed E-state index contributed by atoms with van der Waals surface area (Å²) in [7, 11) is 0. The Balaban J connectivity index is 2.16. The zero-order valence-electron chi connectivity index (χ0n) is 11.0. The van der Waals surface area contributed by atoms with Gasteiger partial charge in [-0.2, -0.15) is 0 Å². The van der Waals surface area contributed by atoms with Gasteiger partial charge in [0.15, 0.2) is 0 Å². The van der Waals surface area contributed by atoms with E-state index in [-0.39, 0.29) is 0 Å². The van der Waals surface area contributed by atoms with Crippen LogP contribution in [-0.4, -0.2) is 4.98 Å². The summed E-state index contributed by atoms with van der Waals surface area (Å²) in [6, 6.07) is 7.88. The van der Waals surface area contributed by atoms with E-state index in [0.717, 1.165) is 33.8 Å². The lowest BCUT2D eigenvalue weighted by Crippen LogP contribution is -2.02. The Kier molecular flexibility index (Phi) is 3.51. The van der Waals surface area contributed by atoms with Crippen LogP contribution in [0.25, 0.3) is 0 Å². The van der Waals surface area contributed by atoms with Crippen LogP contribution in [0.15, 0.2) is 30.5 Å². The highest BCUT2D eigenvalue weighted by Gasteiger charge is 2.05. The van der Waals surface area contributed by atoms with Crippen molar-refractivity contribution < 1.29 is 4.74 Å². The van der Waals surface area contributed by atoms with Gasteiger partial charge in [0.2, 0.25) is 0 Å². The van der Waals surface area contributed by atoms with E-state index in [4.69, 9.17) is 10.5 Å². The number of anilines is 1. The molecule has 0 atom stereocenters. The van der Waals surface area contributed by atoms with E-state index in [1.54, 1.807) is 6.20 Å². The molecule has 2 N–H and O–H groups in total. The van der Waals surface area contributed by atoms with Gasteiger partial charge in [-0.3, -0.25) is 4.98 Å².